The number of hydrogen-bond acceptors (Lipinski definition) is 7. The van der Waals surface area contributed by atoms with E-state index in [0.29, 0.717) is 29.4 Å². The van der Waals surface area contributed by atoms with Crippen LogP contribution >= 0.6 is 11.3 Å². The topological polar surface area (TPSA) is 107 Å². The van der Waals surface area contributed by atoms with Gasteiger partial charge in [-0.1, -0.05) is 13.3 Å². The summed E-state index contributed by atoms with van der Waals surface area (Å²) in [5.41, 5.74) is 5.44. The summed E-state index contributed by atoms with van der Waals surface area (Å²) in [5, 5.41) is 12.9. The third-order valence-corrected chi connectivity index (χ3v) is 6.09. The van der Waals surface area contributed by atoms with Gasteiger partial charge in [0.15, 0.2) is 11.5 Å². The van der Waals surface area contributed by atoms with Crippen molar-refractivity contribution < 1.29 is 19.0 Å². The van der Waals surface area contributed by atoms with Crippen LogP contribution in [0.15, 0.2) is 42.5 Å². The molecule has 32 heavy (non-hydrogen) atoms. The third kappa shape index (κ3) is 5.31. The Hall–Kier alpha value is -3.28. The highest BCUT2D eigenvalue weighted by Crippen LogP contribution is 2.37. The number of ether oxygens (including phenoxy) is 3. The lowest BCUT2D eigenvalue weighted by molar-refractivity contribution is -0.136. The van der Waals surface area contributed by atoms with Crippen molar-refractivity contribution in [3.8, 4) is 23.3 Å². The van der Waals surface area contributed by atoms with Crippen molar-refractivity contribution in [2.24, 2.45) is 5.73 Å². The summed E-state index contributed by atoms with van der Waals surface area (Å²) in [7, 11) is 3.18. The van der Waals surface area contributed by atoms with Crippen LogP contribution in [0.5, 0.6) is 17.2 Å². The zero-order valence-corrected chi connectivity index (χ0v) is 19.3. The van der Waals surface area contributed by atoms with Gasteiger partial charge in [0.25, 0.3) is 5.91 Å². The van der Waals surface area contributed by atoms with Crippen LogP contribution in [-0.4, -0.2) is 32.4 Å². The van der Waals surface area contributed by atoms with Crippen LogP contribution in [-0.2, 0) is 11.2 Å². The van der Waals surface area contributed by atoms with E-state index in [9.17, 15) is 4.79 Å². The van der Waals surface area contributed by atoms with E-state index in [2.05, 4.69) is 18.3 Å². The second-order valence-corrected chi connectivity index (χ2v) is 8.54. The Bertz CT molecular complexity index is 1080. The molecule has 1 heterocycles. The molecule has 0 saturated carbocycles. The Morgan fingerprint density at radius 2 is 1.84 bits per heavy atom. The number of carbonyl (C=O) groups is 1. The molecule has 2 aromatic carbocycles. The molecule has 1 unspecified atom stereocenters. The van der Waals surface area contributed by atoms with Gasteiger partial charge in [0, 0.05) is 28.6 Å². The summed E-state index contributed by atoms with van der Waals surface area (Å²) >= 11 is 1.52. The average molecular weight is 454 g/mol. The summed E-state index contributed by atoms with van der Waals surface area (Å²) in [5.74, 6) is 1.30. The summed E-state index contributed by atoms with van der Waals surface area (Å²) in [6.45, 7) is 2.57. The maximum absolute atomic E-state index is 13.0. The molecule has 0 aliphatic rings. The molecular weight excluding hydrogens is 426 g/mol. The minimum Gasteiger partial charge on any atom is -0.493 e. The standard InChI is InChI=1S/C24H27N3O4S/c1-4-5-10-27-23(28)24(26,31-18-8-6-16(15-25)7-9-18)14-19-11-17-12-20(29-2)21(30-3)13-22(17)32-19/h6-9,11-13H,4-5,10,14,26H2,1-3H3,(H,27,28). The first-order valence-corrected chi connectivity index (χ1v) is 11.1. The van der Waals surface area contributed by atoms with Gasteiger partial charge in [-0.3, -0.25) is 10.5 Å². The number of unbranched alkanes of at least 4 members (excludes halogenated alkanes) is 1. The van der Waals surface area contributed by atoms with Crippen LogP contribution in [0.2, 0.25) is 0 Å². The van der Waals surface area contributed by atoms with E-state index in [0.717, 1.165) is 27.8 Å². The van der Waals surface area contributed by atoms with Gasteiger partial charge in [0.2, 0.25) is 5.72 Å². The number of nitrogens with zero attached hydrogens (tertiary/aromatic N) is 1. The highest BCUT2D eigenvalue weighted by Gasteiger charge is 2.37. The number of methoxy groups -OCH3 is 2. The molecule has 0 aliphatic carbocycles. The Labute approximate surface area is 191 Å². The van der Waals surface area contributed by atoms with Crippen molar-refractivity contribution in [2.75, 3.05) is 20.8 Å². The van der Waals surface area contributed by atoms with Crippen molar-refractivity contribution in [3.63, 3.8) is 0 Å². The smallest absolute Gasteiger partial charge is 0.280 e. The minimum absolute atomic E-state index is 0.176. The number of nitrogens with two attached hydrogens (primary N) is 1. The van der Waals surface area contributed by atoms with E-state index in [1.54, 1.807) is 38.5 Å². The SMILES string of the molecule is CCCCNC(=O)C(N)(Cc1cc2cc(OC)c(OC)cc2s1)Oc1ccc(C#N)cc1. The van der Waals surface area contributed by atoms with Gasteiger partial charge in [-0.2, -0.15) is 5.26 Å². The van der Waals surface area contributed by atoms with Crippen LogP contribution in [0.4, 0.5) is 0 Å². The highest BCUT2D eigenvalue weighted by atomic mass is 32.1. The maximum Gasteiger partial charge on any atom is 0.280 e. The molecule has 7 nitrogen and oxygen atoms in total. The van der Waals surface area contributed by atoms with E-state index < -0.39 is 5.72 Å². The average Bonchev–Trinajstić information content (AvgIpc) is 3.19. The second kappa shape index (κ2) is 10.4. The van der Waals surface area contributed by atoms with Gasteiger partial charge in [-0.05, 0) is 48.2 Å². The zero-order valence-electron chi connectivity index (χ0n) is 18.4. The summed E-state index contributed by atoms with van der Waals surface area (Å²) < 4.78 is 17.8. The first kappa shape index (κ1) is 23.4. The number of rotatable bonds is 10. The lowest BCUT2D eigenvalue weighted by Gasteiger charge is -2.29. The van der Waals surface area contributed by atoms with Crippen LogP contribution in [0.3, 0.4) is 0 Å². The van der Waals surface area contributed by atoms with Crippen LogP contribution in [0, 0.1) is 11.3 Å². The lowest BCUT2D eigenvalue weighted by Crippen LogP contribution is -2.59. The molecule has 8 heteroatoms. The van der Waals surface area contributed by atoms with Gasteiger partial charge in [-0.15, -0.1) is 11.3 Å². The van der Waals surface area contributed by atoms with Crippen molar-refractivity contribution in [1.29, 1.82) is 5.26 Å². The van der Waals surface area contributed by atoms with Gasteiger partial charge in [0.1, 0.15) is 5.75 Å². The minimum atomic E-state index is -1.61. The van der Waals surface area contributed by atoms with E-state index in [4.69, 9.17) is 25.2 Å². The lowest BCUT2D eigenvalue weighted by atomic mass is 10.1. The molecule has 1 atom stereocenters. The number of benzene rings is 2. The molecule has 1 aromatic heterocycles. The van der Waals surface area contributed by atoms with Crippen LogP contribution in [0.25, 0.3) is 10.1 Å². The second-order valence-electron chi connectivity index (χ2n) is 7.37. The number of hydrogen-bond donors (Lipinski definition) is 2. The van der Waals surface area contributed by atoms with Crippen molar-refractivity contribution >= 4 is 27.3 Å². The van der Waals surface area contributed by atoms with E-state index in [-0.39, 0.29) is 12.3 Å². The van der Waals surface area contributed by atoms with Gasteiger partial charge >= 0.3 is 0 Å². The first-order valence-electron chi connectivity index (χ1n) is 10.3. The predicted octanol–water partition coefficient (Wildman–Crippen LogP) is 3.98. The molecule has 0 spiro atoms. The largest absolute Gasteiger partial charge is 0.493 e. The Balaban J connectivity index is 1.91. The monoisotopic (exact) mass is 453 g/mol. The fraction of sp³-hybridized carbons (Fsp3) is 0.333. The normalized spacial score (nSPS) is 12.6. The van der Waals surface area contributed by atoms with Crippen LogP contribution in [0.1, 0.15) is 30.2 Å². The molecule has 0 saturated heterocycles. The van der Waals surface area contributed by atoms with Crippen molar-refractivity contribution in [1.82, 2.24) is 5.32 Å². The van der Waals surface area contributed by atoms with Gasteiger partial charge < -0.3 is 19.5 Å². The molecular formula is C24H27N3O4S. The molecule has 0 radical (unpaired) electrons. The quantitative estimate of drug-likeness (QED) is 0.355. The molecule has 0 fully saturated rings. The van der Waals surface area contributed by atoms with E-state index in [1.165, 1.54) is 11.3 Å². The molecule has 0 aliphatic heterocycles. The first-order chi connectivity index (χ1) is 15.4. The van der Waals surface area contributed by atoms with Gasteiger partial charge in [0.05, 0.1) is 25.9 Å². The maximum atomic E-state index is 13.0. The van der Waals surface area contributed by atoms with Crippen molar-refractivity contribution in [3.05, 3.63) is 52.9 Å². The molecule has 3 N–H and O–H groups in total. The number of amides is 1. The Kier molecular flexibility index (Phi) is 7.57. The van der Waals surface area contributed by atoms with E-state index >= 15 is 0 Å². The van der Waals surface area contributed by atoms with Crippen molar-refractivity contribution in [2.45, 2.75) is 31.9 Å². The fourth-order valence-electron chi connectivity index (χ4n) is 3.27. The zero-order chi connectivity index (χ0) is 23.1. The number of carbonyl (C=O) groups excluding carboxylic acids is 1. The molecule has 0 bridgehead atoms. The fourth-order valence-corrected chi connectivity index (χ4v) is 4.42. The summed E-state index contributed by atoms with van der Waals surface area (Å²) in [6.07, 6.45) is 1.98. The summed E-state index contributed by atoms with van der Waals surface area (Å²) in [4.78, 5) is 13.9. The molecule has 168 valence electrons. The number of fused-ring (bicyclic) bond motifs is 1. The number of nitriles is 1. The Morgan fingerprint density at radius 1 is 1.16 bits per heavy atom. The number of nitrogens with one attached hydrogen (secondary N) is 1. The predicted molar refractivity (Wildman–Crippen MR) is 125 cm³/mol. The highest BCUT2D eigenvalue weighted by molar-refractivity contribution is 7.19. The van der Waals surface area contributed by atoms with Crippen LogP contribution < -0.4 is 25.3 Å². The third-order valence-electron chi connectivity index (χ3n) is 4.99. The number of thiophene rings is 1. The van der Waals surface area contributed by atoms with E-state index in [1.807, 2.05) is 18.2 Å². The molecule has 3 aromatic rings. The molecule has 3 rings (SSSR count). The molecule has 1 amide bonds. The summed E-state index contributed by atoms with van der Waals surface area (Å²) in [6, 6.07) is 14.4. The Morgan fingerprint density at radius 3 is 2.47 bits per heavy atom. The van der Waals surface area contributed by atoms with Gasteiger partial charge in [-0.25, -0.2) is 0 Å².